The molecule has 0 aliphatic heterocycles. The van der Waals surface area contributed by atoms with Crippen molar-refractivity contribution in [1.29, 1.82) is 0 Å². The first kappa shape index (κ1) is 31.6. The molecular formula is C41H40BNO2. The predicted molar refractivity (Wildman–Crippen MR) is 192 cm³/mol. The maximum atomic E-state index is 9.65. The molecule has 0 bridgehead atoms. The summed E-state index contributed by atoms with van der Waals surface area (Å²) in [6.07, 6.45) is 10.3. The van der Waals surface area contributed by atoms with Gasteiger partial charge in [-0.15, -0.1) is 12.8 Å². The van der Waals surface area contributed by atoms with Crippen molar-refractivity contribution in [3.05, 3.63) is 138 Å². The first-order chi connectivity index (χ1) is 21.8. The quantitative estimate of drug-likeness (QED) is 0.140. The molecule has 0 spiro atoms. The van der Waals surface area contributed by atoms with E-state index in [2.05, 4.69) is 136 Å². The first-order valence-electron chi connectivity index (χ1n) is 15.5. The van der Waals surface area contributed by atoms with E-state index in [1.54, 1.807) is 17.7 Å². The molecule has 3 nitrogen and oxygen atoms in total. The van der Waals surface area contributed by atoms with E-state index in [1.807, 2.05) is 18.2 Å². The number of terminal acetylenes is 1. The lowest BCUT2D eigenvalue weighted by Crippen LogP contribution is -2.29. The van der Waals surface area contributed by atoms with Gasteiger partial charge in [0.25, 0.3) is 0 Å². The Bertz CT molecular complexity index is 1800. The van der Waals surface area contributed by atoms with Gasteiger partial charge in [-0.1, -0.05) is 112 Å². The number of allylic oxidation sites excluding steroid dienone is 2. The third-order valence-electron chi connectivity index (χ3n) is 8.94. The largest absolute Gasteiger partial charge is 0.488 e. The molecule has 0 saturated carbocycles. The molecule has 224 valence electrons. The van der Waals surface area contributed by atoms with Gasteiger partial charge in [-0.25, -0.2) is 0 Å². The summed E-state index contributed by atoms with van der Waals surface area (Å²) < 4.78 is 0. The number of fused-ring (bicyclic) bond motifs is 1. The molecule has 0 radical (unpaired) electrons. The zero-order valence-electron chi connectivity index (χ0n) is 26.5. The van der Waals surface area contributed by atoms with Gasteiger partial charge in [0.05, 0.1) is 0 Å². The number of benzene rings is 5. The normalized spacial score (nSPS) is 13.1. The number of anilines is 3. The maximum Gasteiger partial charge on any atom is 0.488 e. The second kappa shape index (κ2) is 13.4. The Hall–Kier alpha value is -4.82. The summed E-state index contributed by atoms with van der Waals surface area (Å²) >= 11 is 0. The lowest BCUT2D eigenvalue weighted by atomic mass is 9.79. The topological polar surface area (TPSA) is 43.7 Å². The van der Waals surface area contributed by atoms with Gasteiger partial charge in [-0.05, 0) is 100 Å². The third-order valence-corrected chi connectivity index (χ3v) is 8.94. The van der Waals surface area contributed by atoms with Crippen LogP contribution in [0.5, 0.6) is 0 Å². The zero-order chi connectivity index (χ0) is 32.1. The fourth-order valence-electron chi connectivity index (χ4n) is 6.59. The SMILES string of the molecule is C#C.CCCC1=C(C)c2ccc(-c3ccc(N(c4ccc(B(O)O)cc4)c4ccc(-c5ccccc5)cc4)cc3)cc2C1(C)C. The molecule has 0 heterocycles. The number of rotatable bonds is 8. The average Bonchev–Trinajstić information content (AvgIpc) is 3.27. The van der Waals surface area contributed by atoms with Gasteiger partial charge < -0.3 is 14.9 Å². The molecule has 0 saturated heterocycles. The lowest BCUT2D eigenvalue weighted by Gasteiger charge is -2.26. The van der Waals surface area contributed by atoms with Crippen LogP contribution in [0, 0.1) is 12.8 Å². The van der Waals surface area contributed by atoms with E-state index in [0.717, 1.165) is 35.5 Å². The molecule has 45 heavy (non-hydrogen) atoms. The second-order valence-electron chi connectivity index (χ2n) is 12.0. The number of hydrogen-bond donors (Lipinski definition) is 2. The summed E-state index contributed by atoms with van der Waals surface area (Å²) in [7, 11) is -1.50. The van der Waals surface area contributed by atoms with Crippen LogP contribution in [0.15, 0.2) is 127 Å². The van der Waals surface area contributed by atoms with Crippen LogP contribution in [0.4, 0.5) is 17.1 Å². The van der Waals surface area contributed by atoms with E-state index in [4.69, 9.17) is 0 Å². The van der Waals surface area contributed by atoms with Gasteiger partial charge in [-0.3, -0.25) is 0 Å². The fourth-order valence-corrected chi connectivity index (χ4v) is 6.59. The third kappa shape index (κ3) is 6.24. The summed E-state index contributed by atoms with van der Waals surface area (Å²) in [4.78, 5) is 2.20. The van der Waals surface area contributed by atoms with Crippen LogP contribution in [0.2, 0.25) is 0 Å². The van der Waals surface area contributed by atoms with E-state index < -0.39 is 7.12 Å². The fraction of sp³-hybridized carbons (Fsp3) is 0.171. The van der Waals surface area contributed by atoms with Crippen LogP contribution in [0.1, 0.15) is 51.7 Å². The Morgan fingerprint density at radius 3 is 1.62 bits per heavy atom. The Labute approximate surface area is 268 Å². The lowest BCUT2D eigenvalue weighted by molar-refractivity contribution is 0.426. The van der Waals surface area contributed by atoms with Crippen molar-refractivity contribution in [2.45, 2.75) is 46.0 Å². The van der Waals surface area contributed by atoms with E-state index >= 15 is 0 Å². The van der Waals surface area contributed by atoms with Gasteiger partial charge >= 0.3 is 7.12 Å². The van der Waals surface area contributed by atoms with Gasteiger partial charge in [0.15, 0.2) is 0 Å². The smallest absolute Gasteiger partial charge is 0.423 e. The van der Waals surface area contributed by atoms with E-state index in [-0.39, 0.29) is 5.41 Å². The van der Waals surface area contributed by atoms with Crippen molar-refractivity contribution in [1.82, 2.24) is 0 Å². The highest BCUT2D eigenvalue weighted by molar-refractivity contribution is 6.58. The monoisotopic (exact) mass is 589 g/mol. The number of hydrogen-bond acceptors (Lipinski definition) is 3. The molecule has 0 amide bonds. The van der Waals surface area contributed by atoms with Crippen LogP contribution in [0.3, 0.4) is 0 Å². The van der Waals surface area contributed by atoms with Gasteiger partial charge in [-0.2, -0.15) is 0 Å². The highest BCUT2D eigenvalue weighted by Crippen LogP contribution is 2.49. The summed E-state index contributed by atoms with van der Waals surface area (Å²) in [6.45, 7) is 9.27. The van der Waals surface area contributed by atoms with Crippen molar-refractivity contribution in [2.24, 2.45) is 0 Å². The first-order valence-corrected chi connectivity index (χ1v) is 15.5. The molecule has 0 aromatic heterocycles. The summed E-state index contributed by atoms with van der Waals surface area (Å²) in [6, 6.07) is 42.0. The molecule has 0 fully saturated rings. The molecule has 5 aromatic rings. The van der Waals surface area contributed by atoms with Gasteiger partial charge in [0.2, 0.25) is 0 Å². The van der Waals surface area contributed by atoms with Crippen LogP contribution in [0.25, 0.3) is 27.8 Å². The Balaban J connectivity index is 0.00000196. The van der Waals surface area contributed by atoms with E-state index in [0.29, 0.717) is 5.46 Å². The predicted octanol–water partition coefficient (Wildman–Crippen LogP) is 9.28. The van der Waals surface area contributed by atoms with Crippen molar-refractivity contribution in [2.75, 3.05) is 4.90 Å². The second-order valence-corrected chi connectivity index (χ2v) is 12.0. The van der Waals surface area contributed by atoms with E-state index in [9.17, 15) is 10.0 Å². The average molecular weight is 590 g/mol. The van der Waals surface area contributed by atoms with E-state index in [1.165, 1.54) is 33.4 Å². The molecule has 6 rings (SSSR count). The van der Waals surface area contributed by atoms with Crippen molar-refractivity contribution >= 4 is 35.2 Å². The molecule has 5 aromatic carbocycles. The summed E-state index contributed by atoms with van der Waals surface area (Å²) in [5, 5.41) is 19.3. The van der Waals surface area contributed by atoms with Gasteiger partial charge in [0.1, 0.15) is 0 Å². The standard InChI is InChI=1S/C39H38BNO2.C2H2/c1-5-9-37-27(2)36-25-16-31(26-38(36)39(37,3)4)30-14-21-34(22-15-30)41(35-23-17-32(18-24-35)40(42)43)33-19-12-29(13-20-33)28-10-7-6-8-11-28;1-2/h6-8,10-26,42-43H,5,9H2,1-4H3;1-2H. The van der Waals surface area contributed by atoms with Crippen molar-refractivity contribution in [3.63, 3.8) is 0 Å². The molecule has 4 heteroatoms. The van der Waals surface area contributed by atoms with Crippen LogP contribution in [-0.2, 0) is 5.41 Å². The molecule has 1 aliphatic rings. The minimum absolute atomic E-state index is 0.0440. The Kier molecular flexibility index (Phi) is 9.44. The molecular weight excluding hydrogens is 549 g/mol. The van der Waals surface area contributed by atoms with Crippen LogP contribution in [-0.4, -0.2) is 17.2 Å². The van der Waals surface area contributed by atoms with Crippen LogP contribution < -0.4 is 10.4 Å². The van der Waals surface area contributed by atoms with Gasteiger partial charge in [0, 0.05) is 22.5 Å². The molecule has 0 unspecified atom stereocenters. The summed E-state index contributed by atoms with van der Waals surface area (Å²) in [5.41, 5.74) is 14.0. The molecule has 1 aliphatic carbocycles. The Morgan fingerprint density at radius 1 is 0.644 bits per heavy atom. The van der Waals surface area contributed by atoms with Crippen LogP contribution >= 0.6 is 0 Å². The molecule has 0 atom stereocenters. The Morgan fingerprint density at radius 2 is 1.11 bits per heavy atom. The van der Waals surface area contributed by atoms with Crippen molar-refractivity contribution < 1.29 is 10.0 Å². The highest BCUT2D eigenvalue weighted by atomic mass is 16.4. The van der Waals surface area contributed by atoms with Crippen molar-refractivity contribution in [3.8, 4) is 35.1 Å². The zero-order valence-corrected chi connectivity index (χ0v) is 26.5. The minimum Gasteiger partial charge on any atom is -0.423 e. The minimum atomic E-state index is -1.50. The summed E-state index contributed by atoms with van der Waals surface area (Å²) in [5.74, 6) is 0. The molecule has 2 N–H and O–H groups in total. The maximum absolute atomic E-state index is 9.65. The highest BCUT2D eigenvalue weighted by Gasteiger charge is 2.35. The number of nitrogens with zero attached hydrogens (tertiary/aromatic N) is 1.